The average Bonchev–Trinajstić information content (AvgIpc) is 3.22. The molecule has 148 valence electrons. The summed E-state index contributed by atoms with van der Waals surface area (Å²) in [4.78, 5) is 2.49. The molecule has 0 N–H and O–H groups in total. The van der Waals surface area contributed by atoms with Crippen LogP contribution in [0.25, 0.3) is 17.2 Å². The standard InChI is InChI=1S/C27H29NO/c1-21(2)28(20-23-12-15-27-26(19-23)16-18-29-27)17-6-7-22-10-13-25(14-11-22)24-8-4-3-5-9-24/h3-15,19,21H,16-18,20H2,1-2H3. The maximum Gasteiger partial charge on any atom is 0.122 e. The van der Waals surface area contributed by atoms with Crippen LogP contribution in [0.4, 0.5) is 0 Å². The van der Waals surface area contributed by atoms with Crippen molar-refractivity contribution in [1.82, 2.24) is 4.90 Å². The lowest BCUT2D eigenvalue weighted by atomic mass is 10.0. The number of fused-ring (bicyclic) bond motifs is 1. The third-order valence-electron chi connectivity index (χ3n) is 5.54. The van der Waals surface area contributed by atoms with Crippen molar-refractivity contribution < 1.29 is 4.74 Å². The van der Waals surface area contributed by atoms with Crippen molar-refractivity contribution >= 4 is 6.08 Å². The summed E-state index contributed by atoms with van der Waals surface area (Å²) in [5.41, 5.74) is 6.47. The summed E-state index contributed by atoms with van der Waals surface area (Å²) in [5, 5.41) is 0. The molecule has 2 heteroatoms. The summed E-state index contributed by atoms with van der Waals surface area (Å²) in [6.07, 6.45) is 5.53. The minimum Gasteiger partial charge on any atom is -0.493 e. The Morgan fingerprint density at radius 2 is 1.69 bits per heavy atom. The lowest BCUT2D eigenvalue weighted by molar-refractivity contribution is 0.237. The van der Waals surface area contributed by atoms with E-state index in [1.165, 1.54) is 27.8 Å². The van der Waals surface area contributed by atoms with Gasteiger partial charge in [-0.2, -0.15) is 0 Å². The SMILES string of the molecule is CC(C)N(CC=Cc1ccc(-c2ccccc2)cc1)Cc1ccc2c(c1)CCO2. The van der Waals surface area contributed by atoms with Gasteiger partial charge in [-0.3, -0.25) is 4.90 Å². The van der Waals surface area contributed by atoms with Crippen LogP contribution in [-0.4, -0.2) is 24.1 Å². The van der Waals surface area contributed by atoms with E-state index in [0.29, 0.717) is 6.04 Å². The van der Waals surface area contributed by atoms with E-state index in [2.05, 4.69) is 104 Å². The molecule has 2 nitrogen and oxygen atoms in total. The van der Waals surface area contributed by atoms with Crippen LogP contribution in [0.1, 0.15) is 30.5 Å². The highest BCUT2D eigenvalue weighted by Crippen LogP contribution is 2.26. The van der Waals surface area contributed by atoms with Crippen LogP contribution in [0.15, 0.2) is 78.9 Å². The molecular weight excluding hydrogens is 354 g/mol. The molecule has 0 spiro atoms. The fourth-order valence-electron chi connectivity index (χ4n) is 3.77. The van der Waals surface area contributed by atoms with E-state index in [1.807, 2.05) is 0 Å². The van der Waals surface area contributed by atoms with E-state index < -0.39 is 0 Å². The summed E-state index contributed by atoms with van der Waals surface area (Å²) in [7, 11) is 0. The second-order valence-corrected chi connectivity index (χ2v) is 7.95. The third-order valence-corrected chi connectivity index (χ3v) is 5.54. The molecule has 1 heterocycles. The van der Waals surface area contributed by atoms with E-state index in [0.717, 1.165) is 31.9 Å². The summed E-state index contributed by atoms with van der Waals surface area (Å²) < 4.78 is 5.63. The van der Waals surface area contributed by atoms with Crippen LogP contribution in [0.5, 0.6) is 5.75 Å². The zero-order valence-electron chi connectivity index (χ0n) is 17.3. The minimum atomic E-state index is 0.490. The second kappa shape index (κ2) is 9.11. The number of rotatable bonds is 7. The van der Waals surface area contributed by atoms with Gasteiger partial charge in [0.1, 0.15) is 5.75 Å². The van der Waals surface area contributed by atoms with Crippen molar-refractivity contribution in [2.75, 3.05) is 13.2 Å². The van der Waals surface area contributed by atoms with Gasteiger partial charge in [-0.15, -0.1) is 0 Å². The number of benzene rings is 3. The van der Waals surface area contributed by atoms with Gasteiger partial charge in [0.15, 0.2) is 0 Å². The van der Waals surface area contributed by atoms with E-state index in [9.17, 15) is 0 Å². The normalized spacial score (nSPS) is 13.2. The largest absolute Gasteiger partial charge is 0.493 e. The lowest BCUT2D eigenvalue weighted by Crippen LogP contribution is -2.30. The molecule has 0 saturated heterocycles. The number of ether oxygens (including phenoxy) is 1. The third kappa shape index (κ3) is 4.96. The molecule has 0 bridgehead atoms. The molecule has 0 aliphatic carbocycles. The summed E-state index contributed by atoms with van der Waals surface area (Å²) >= 11 is 0. The van der Waals surface area contributed by atoms with Gasteiger partial charge in [0, 0.05) is 25.6 Å². The van der Waals surface area contributed by atoms with Crippen molar-refractivity contribution in [3.63, 3.8) is 0 Å². The Morgan fingerprint density at radius 3 is 2.45 bits per heavy atom. The number of hydrogen-bond acceptors (Lipinski definition) is 2. The van der Waals surface area contributed by atoms with Crippen LogP contribution in [0.3, 0.4) is 0 Å². The van der Waals surface area contributed by atoms with Gasteiger partial charge in [-0.05, 0) is 47.7 Å². The molecule has 0 atom stereocenters. The van der Waals surface area contributed by atoms with Gasteiger partial charge >= 0.3 is 0 Å². The lowest BCUT2D eigenvalue weighted by Gasteiger charge is -2.25. The van der Waals surface area contributed by atoms with Crippen LogP contribution >= 0.6 is 0 Å². The Bertz CT molecular complexity index is 958. The Labute approximate surface area is 174 Å². The molecule has 4 rings (SSSR count). The fourth-order valence-corrected chi connectivity index (χ4v) is 3.77. The molecule has 0 amide bonds. The summed E-state index contributed by atoms with van der Waals surface area (Å²) in [6.45, 7) is 7.24. The molecule has 0 saturated carbocycles. The second-order valence-electron chi connectivity index (χ2n) is 7.95. The first-order valence-electron chi connectivity index (χ1n) is 10.5. The molecule has 0 fully saturated rings. The van der Waals surface area contributed by atoms with Gasteiger partial charge in [0.25, 0.3) is 0 Å². The molecule has 0 aromatic heterocycles. The Hall–Kier alpha value is -2.84. The van der Waals surface area contributed by atoms with E-state index in [4.69, 9.17) is 4.74 Å². The van der Waals surface area contributed by atoms with E-state index in [-0.39, 0.29) is 0 Å². The molecule has 0 unspecified atom stereocenters. The van der Waals surface area contributed by atoms with Crippen molar-refractivity contribution in [3.05, 3.63) is 95.6 Å². The monoisotopic (exact) mass is 383 g/mol. The molecule has 29 heavy (non-hydrogen) atoms. The molecule has 3 aromatic carbocycles. The molecular formula is C27H29NO. The van der Waals surface area contributed by atoms with Crippen LogP contribution in [0, 0.1) is 0 Å². The van der Waals surface area contributed by atoms with Crippen LogP contribution in [0.2, 0.25) is 0 Å². The van der Waals surface area contributed by atoms with Crippen LogP contribution in [-0.2, 0) is 13.0 Å². The van der Waals surface area contributed by atoms with Gasteiger partial charge < -0.3 is 4.74 Å². The van der Waals surface area contributed by atoms with Crippen molar-refractivity contribution in [1.29, 1.82) is 0 Å². The van der Waals surface area contributed by atoms with E-state index >= 15 is 0 Å². The smallest absolute Gasteiger partial charge is 0.122 e. The highest BCUT2D eigenvalue weighted by molar-refractivity contribution is 5.65. The molecule has 3 aromatic rings. The van der Waals surface area contributed by atoms with Gasteiger partial charge in [-0.25, -0.2) is 0 Å². The Balaban J connectivity index is 1.38. The first-order valence-corrected chi connectivity index (χ1v) is 10.5. The first-order chi connectivity index (χ1) is 14.2. The molecule has 1 aliphatic rings. The predicted octanol–water partition coefficient (Wildman–Crippen LogP) is 6.21. The zero-order valence-corrected chi connectivity index (χ0v) is 17.3. The highest BCUT2D eigenvalue weighted by Gasteiger charge is 2.14. The average molecular weight is 384 g/mol. The van der Waals surface area contributed by atoms with Gasteiger partial charge in [-0.1, -0.05) is 78.9 Å². The minimum absolute atomic E-state index is 0.490. The molecule has 1 aliphatic heterocycles. The number of nitrogens with zero attached hydrogens (tertiary/aromatic N) is 1. The zero-order chi connectivity index (χ0) is 20.1. The van der Waals surface area contributed by atoms with E-state index in [1.54, 1.807) is 0 Å². The maximum atomic E-state index is 5.63. The maximum absolute atomic E-state index is 5.63. The predicted molar refractivity (Wildman–Crippen MR) is 122 cm³/mol. The van der Waals surface area contributed by atoms with Crippen molar-refractivity contribution in [2.24, 2.45) is 0 Å². The van der Waals surface area contributed by atoms with Gasteiger partial charge in [0.05, 0.1) is 6.61 Å². The Kier molecular flexibility index (Phi) is 6.12. The first kappa shape index (κ1) is 19.5. The molecule has 0 radical (unpaired) electrons. The Morgan fingerprint density at radius 1 is 0.931 bits per heavy atom. The van der Waals surface area contributed by atoms with Crippen molar-refractivity contribution in [3.8, 4) is 16.9 Å². The van der Waals surface area contributed by atoms with Crippen molar-refractivity contribution in [2.45, 2.75) is 32.9 Å². The number of hydrogen-bond donors (Lipinski definition) is 0. The topological polar surface area (TPSA) is 12.5 Å². The van der Waals surface area contributed by atoms with Gasteiger partial charge in [0.2, 0.25) is 0 Å². The summed E-state index contributed by atoms with van der Waals surface area (Å²) in [5.74, 6) is 1.06. The van der Waals surface area contributed by atoms with Crippen LogP contribution < -0.4 is 4.74 Å². The fraction of sp³-hybridized carbons (Fsp3) is 0.259. The quantitative estimate of drug-likeness (QED) is 0.481. The highest BCUT2D eigenvalue weighted by atomic mass is 16.5. The summed E-state index contributed by atoms with van der Waals surface area (Å²) in [6, 6.07) is 26.4.